The molecule has 4 aromatic heterocycles. The highest BCUT2D eigenvalue weighted by molar-refractivity contribution is 7.93. The zero-order chi connectivity index (χ0) is 46.0. The minimum Gasteiger partial charge on any atom is -0.497 e. The first-order valence-corrected chi connectivity index (χ1v) is 22.5. The zero-order valence-electron chi connectivity index (χ0n) is 34.5. The summed E-state index contributed by atoms with van der Waals surface area (Å²) in [5.41, 5.74) is 9.81. The Labute approximate surface area is 393 Å². The van der Waals surface area contributed by atoms with Crippen LogP contribution >= 0.6 is 45.9 Å². The predicted molar refractivity (Wildman–Crippen MR) is 264 cm³/mol. The highest BCUT2D eigenvalue weighted by Gasteiger charge is 2.21. The van der Waals surface area contributed by atoms with E-state index in [1.165, 1.54) is 40.0 Å². The number of nitrogen functional groups attached to an aromatic ring is 1. The van der Waals surface area contributed by atoms with Crippen molar-refractivity contribution in [2.24, 2.45) is 0 Å². The SMILES string of the molecule is C.C.CC(=O)O.CCS(=O)(=O)c1nc2ncn(-c3c(C)cccc3Cl)c(=O)c2s1.COc1cccc(N)c1.COc1cccc(Nc2nc3ncn(-c4c(C)cccc4Cl)c(=O)c3s2)c1. The Morgan fingerprint density at radius 2 is 1.23 bits per heavy atom. The van der Waals surface area contributed by atoms with Gasteiger partial charge in [-0.25, -0.2) is 23.4 Å². The summed E-state index contributed by atoms with van der Waals surface area (Å²) < 4.78 is 37.4. The highest BCUT2D eigenvalue weighted by atomic mass is 35.5. The number of hydrogen-bond donors (Lipinski definition) is 3. The number of halogens is 2. The molecule has 0 bridgehead atoms. The fraction of sp³-hybridized carbons (Fsp3) is 0.205. The molecule has 0 saturated heterocycles. The molecule has 0 aliphatic rings. The van der Waals surface area contributed by atoms with Crippen LogP contribution in [-0.4, -0.2) is 68.5 Å². The monoisotopic (exact) mass is 982 g/mol. The Morgan fingerprint density at radius 3 is 1.69 bits per heavy atom. The number of benzene rings is 4. The van der Waals surface area contributed by atoms with Crippen LogP contribution < -0.4 is 31.6 Å². The van der Waals surface area contributed by atoms with Crippen LogP contribution in [0.15, 0.2) is 112 Å². The molecule has 4 aromatic carbocycles. The number of methoxy groups -OCH3 is 2. The van der Waals surface area contributed by atoms with E-state index in [1.807, 2.05) is 74.5 Å². The van der Waals surface area contributed by atoms with Gasteiger partial charge < -0.3 is 25.6 Å². The molecule has 4 heterocycles. The summed E-state index contributed by atoms with van der Waals surface area (Å²) in [6.45, 7) is 6.35. The molecule has 8 aromatic rings. The molecule has 0 aliphatic carbocycles. The zero-order valence-corrected chi connectivity index (χ0v) is 38.5. The van der Waals surface area contributed by atoms with E-state index in [9.17, 15) is 18.0 Å². The second kappa shape index (κ2) is 23.5. The van der Waals surface area contributed by atoms with E-state index in [2.05, 4.69) is 25.3 Å². The number of carboxylic acids is 1. The Balaban J connectivity index is 0.000000267. The Kier molecular flexibility index (Phi) is 19.2. The molecule has 0 radical (unpaired) electrons. The number of hydrogen-bond acceptors (Lipinski definition) is 15. The van der Waals surface area contributed by atoms with Gasteiger partial charge in [0, 0.05) is 30.4 Å². The third-order valence-electron chi connectivity index (χ3n) is 8.54. The number of aliphatic carboxylic acids is 1. The lowest BCUT2D eigenvalue weighted by Crippen LogP contribution is -2.19. The predicted octanol–water partition coefficient (Wildman–Crippen LogP) is 9.79. The quantitative estimate of drug-likeness (QED) is 0.121. The lowest BCUT2D eigenvalue weighted by molar-refractivity contribution is -0.134. The van der Waals surface area contributed by atoms with Crippen LogP contribution in [-0.2, 0) is 14.6 Å². The summed E-state index contributed by atoms with van der Waals surface area (Å²) in [6, 6.07) is 25.6. The summed E-state index contributed by atoms with van der Waals surface area (Å²) in [5, 5.41) is 12.1. The van der Waals surface area contributed by atoms with Gasteiger partial charge in [-0.05, 0) is 61.4 Å². The largest absolute Gasteiger partial charge is 0.497 e. The normalized spacial score (nSPS) is 10.4. The molecule has 344 valence electrons. The fourth-order valence-electron chi connectivity index (χ4n) is 5.56. The number of aromatic nitrogens is 6. The van der Waals surface area contributed by atoms with Crippen LogP contribution in [0.25, 0.3) is 32.1 Å². The molecule has 8 rings (SSSR count). The van der Waals surface area contributed by atoms with Gasteiger partial charge >= 0.3 is 0 Å². The van der Waals surface area contributed by atoms with E-state index >= 15 is 0 Å². The van der Waals surface area contributed by atoms with E-state index in [4.69, 9.17) is 48.3 Å². The number of nitrogens with zero attached hydrogens (tertiary/aromatic N) is 6. The molecule has 0 spiro atoms. The number of nitrogens with one attached hydrogen (secondary N) is 1. The first-order valence-electron chi connectivity index (χ1n) is 18.5. The van der Waals surface area contributed by atoms with Crippen LogP contribution in [0, 0.1) is 13.8 Å². The maximum absolute atomic E-state index is 13.0. The standard InChI is InChI=1S/C19H15ClN4O2S.C14H12ClN3O3S2.C7H9NO.C2H4O2.2CH4/c1-11-5-3-8-14(20)15(11)24-10-21-17-16(18(24)25)27-19(23-17)22-12-6-4-7-13(9-12)26-2;1-3-23(20,21)14-17-12-11(22-14)13(19)18(7-16-12)10-8(2)5-4-6-9(10)15;1-9-7-4-2-3-6(8)5-7;1-2(3)4;;/h3-10H,1-2H3,(H,22,23);4-7H,3H2,1-2H3;2-5H,8H2,1H3;1H3,(H,3,4);2*1H4. The number of carbonyl (C=O) groups is 1. The van der Waals surface area contributed by atoms with Crippen molar-refractivity contribution in [2.75, 3.05) is 31.0 Å². The summed E-state index contributed by atoms with van der Waals surface area (Å²) >= 11 is 14.6. The van der Waals surface area contributed by atoms with E-state index < -0.39 is 15.8 Å². The maximum Gasteiger partial charge on any atom is 0.300 e. The molecule has 0 saturated carbocycles. The fourth-order valence-corrected chi connectivity index (χ4v) is 9.32. The van der Waals surface area contributed by atoms with Crippen molar-refractivity contribution in [1.82, 2.24) is 29.1 Å². The number of carboxylic acid groups (broad SMARTS) is 1. The molecule has 0 aliphatic heterocycles. The number of thiazole rings is 2. The van der Waals surface area contributed by atoms with E-state index in [1.54, 1.807) is 38.5 Å². The Morgan fingerprint density at radius 1 is 0.769 bits per heavy atom. The summed E-state index contributed by atoms with van der Waals surface area (Å²) in [5.74, 6) is 0.621. The van der Waals surface area contributed by atoms with Crippen LogP contribution in [0.5, 0.6) is 11.5 Å². The van der Waals surface area contributed by atoms with Crippen molar-refractivity contribution in [3.63, 3.8) is 0 Å². The van der Waals surface area contributed by atoms with Crippen LogP contribution in [0.2, 0.25) is 10.0 Å². The maximum atomic E-state index is 13.0. The Bertz CT molecular complexity index is 3110. The third-order valence-corrected chi connectivity index (χ3v) is 13.3. The van der Waals surface area contributed by atoms with Crippen LogP contribution in [0.3, 0.4) is 0 Å². The summed E-state index contributed by atoms with van der Waals surface area (Å²) in [7, 11) is -0.247. The van der Waals surface area contributed by atoms with E-state index in [-0.39, 0.29) is 46.4 Å². The van der Waals surface area contributed by atoms with Crippen molar-refractivity contribution in [3.8, 4) is 22.9 Å². The van der Waals surface area contributed by atoms with Gasteiger partial charge in [0.05, 0.1) is 41.4 Å². The van der Waals surface area contributed by atoms with Crippen molar-refractivity contribution in [1.29, 1.82) is 0 Å². The van der Waals surface area contributed by atoms with Crippen LogP contribution in [0.4, 0.5) is 16.5 Å². The number of para-hydroxylation sites is 2. The van der Waals surface area contributed by atoms with Gasteiger partial charge in [-0.1, -0.05) is 104 Å². The number of sulfone groups is 1. The van der Waals surface area contributed by atoms with Crippen molar-refractivity contribution >= 4 is 98.9 Å². The molecular weight excluding hydrogens is 936 g/mol. The van der Waals surface area contributed by atoms with Gasteiger partial charge in [0.15, 0.2) is 16.4 Å². The van der Waals surface area contributed by atoms with Gasteiger partial charge in [0.1, 0.15) is 33.6 Å². The van der Waals surface area contributed by atoms with Gasteiger partial charge in [-0.3, -0.25) is 23.5 Å². The number of nitrogens with two attached hydrogens (primary N) is 1. The molecule has 0 unspecified atom stereocenters. The molecule has 21 heteroatoms. The molecule has 0 fully saturated rings. The lowest BCUT2D eigenvalue weighted by atomic mass is 10.2. The van der Waals surface area contributed by atoms with Crippen molar-refractivity contribution in [2.45, 2.75) is 46.9 Å². The molecule has 0 amide bonds. The first kappa shape index (κ1) is 53.0. The average molecular weight is 984 g/mol. The second-order valence-corrected chi connectivity index (χ2v) is 18.3. The molecule has 65 heavy (non-hydrogen) atoms. The van der Waals surface area contributed by atoms with Crippen LogP contribution in [0.1, 0.15) is 39.8 Å². The molecular formula is C44H48Cl2N8O8S3. The lowest BCUT2D eigenvalue weighted by Gasteiger charge is -2.10. The number of fused-ring (bicyclic) bond motifs is 2. The number of rotatable bonds is 8. The van der Waals surface area contributed by atoms with E-state index in [0.717, 1.165) is 52.3 Å². The van der Waals surface area contributed by atoms with Gasteiger partial charge in [-0.2, -0.15) is 4.98 Å². The van der Waals surface area contributed by atoms with Crippen molar-refractivity contribution < 1.29 is 27.8 Å². The first-order chi connectivity index (χ1) is 30.0. The van der Waals surface area contributed by atoms with Gasteiger partial charge in [-0.15, -0.1) is 0 Å². The van der Waals surface area contributed by atoms with Crippen molar-refractivity contribution in [3.05, 3.63) is 139 Å². The summed E-state index contributed by atoms with van der Waals surface area (Å²) in [6.07, 6.45) is 2.79. The second-order valence-electron chi connectivity index (χ2n) is 13.0. The van der Waals surface area contributed by atoms with Gasteiger partial charge in [0.2, 0.25) is 14.2 Å². The van der Waals surface area contributed by atoms with Gasteiger partial charge in [0.25, 0.3) is 17.1 Å². The third kappa shape index (κ3) is 13.1. The highest BCUT2D eigenvalue weighted by Crippen LogP contribution is 2.29. The van der Waals surface area contributed by atoms with E-state index in [0.29, 0.717) is 36.9 Å². The number of aryl methyl sites for hydroxylation is 2. The molecule has 0 atom stereocenters. The molecule has 4 N–H and O–H groups in total. The minimum absolute atomic E-state index is 0. The average Bonchev–Trinajstić information content (AvgIpc) is 3.89. The number of ether oxygens (including phenoxy) is 2. The smallest absolute Gasteiger partial charge is 0.300 e. The Hall–Kier alpha value is -6.38. The number of anilines is 3. The molecule has 16 nitrogen and oxygen atoms in total. The topological polar surface area (TPSA) is 224 Å². The minimum atomic E-state index is -3.48. The summed E-state index contributed by atoms with van der Waals surface area (Å²) in [4.78, 5) is 51.5.